The van der Waals surface area contributed by atoms with Crippen molar-refractivity contribution in [2.24, 2.45) is 0 Å². The van der Waals surface area contributed by atoms with Crippen LogP contribution in [0.25, 0.3) is 26.3 Å². The summed E-state index contributed by atoms with van der Waals surface area (Å²) in [6.07, 6.45) is 3.23. The molecule has 0 atom stereocenters. The lowest BCUT2D eigenvalue weighted by Gasteiger charge is -2.06. The van der Waals surface area contributed by atoms with E-state index in [1.165, 1.54) is 44.0 Å². The number of aryl methyl sites for hydroxylation is 1. The SMILES string of the molecule is Cc1sc2ncn(Cc3cc(=O)n4ccsc4n3)c(=O)c2c1-c1ccccc1. The molecule has 0 unspecified atom stereocenters. The predicted octanol–water partition coefficient (Wildman–Crippen LogP) is 3.55. The van der Waals surface area contributed by atoms with Crippen LogP contribution >= 0.6 is 22.7 Å². The summed E-state index contributed by atoms with van der Waals surface area (Å²) in [4.78, 5) is 36.9. The smallest absolute Gasteiger partial charge is 0.263 e. The second kappa shape index (κ2) is 6.50. The molecule has 0 saturated carbocycles. The number of nitrogens with zero attached hydrogens (tertiary/aromatic N) is 4. The normalized spacial score (nSPS) is 11.5. The Bertz CT molecular complexity index is 1440. The first-order valence-electron chi connectivity index (χ1n) is 8.61. The van der Waals surface area contributed by atoms with Crippen molar-refractivity contribution in [3.05, 3.63) is 85.6 Å². The Hall–Kier alpha value is -3.10. The third kappa shape index (κ3) is 2.69. The Morgan fingerprint density at radius 2 is 1.96 bits per heavy atom. The molecule has 6 nitrogen and oxygen atoms in total. The van der Waals surface area contributed by atoms with E-state index in [1.807, 2.05) is 42.6 Å². The number of aromatic nitrogens is 4. The van der Waals surface area contributed by atoms with Gasteiger partial charge < -0.3 is 0 Å². The first-order valence-corrected chi connectivity index (χ1v) is 10.3. The molecule has 0 fully saturated rings. The summed E-state index contributed by atoms with van der Waals surface area (Å²) >= 11 is 2.90. The van der Waals surface area contributed by atoms with E-state index >= 15 is 0 Å². The second-order valence-electron chi connectivity index (χ2n) is 6.40. The maximum atomic E-state index is 13.3. The number of fused-ring (bicyclic) bond motifs is 2. The van der Waals surface area contributed by atoms with Gasteiger partial charge in [-0.3, -0.25) is 18.6 Å². The Labute approximate surface area is 167 Å². The summed E-state index contributed by atoms with van der Waals surface area (Å²) in [6, 6.07) is 11.3. The molecule has 4 aromatic heterocycles. The number of thiophene rings is 1. The lowest BCUT2D eigenvalue weighted by Crippen LogP contribution is -2.23. The van der Waals surface area contributed by atoms with E-state index in [0.29, 0.717) is 16.0 Å². The Kier molecular flexibility index (Phi) is 3.96. The lowest BCUT2D eigenvalue weighted by atomic mass is 10.0. The van der Waals surface area contributed by atoms with Crippen LogP contribution < -0.4 is 11.1 Å². The molecule has 8 heteroatoms. The minimum atomic E-state index is -0.153. The van der Waals surface area contributed by atoms with Gasteiger partial charge in [0.05, 0.1) is 24.0 Å². The third-order valence-electron chi connectivity index (χ3n) is 4.61. The topological polar surface area (TPSA) is 69.3 Å². The van der Waals surface area contributed by atoms with Crippen molar-refractivity contribution in [2.75, 3.05) is 0 Å². The first kappa shape index (κ1) is 17.0. The van der Waals surface area contributed by atoms with Crippen LogP contribution in [0.2, 0.25) is 0 Å². The van der Waals surface area contributed by atoms with E-state index in [-0.39, 0.29) is 17.7 Å². The van der Waals surface area contributed by atoms with Gasteiger partial charge in [0.2, 0.25) is 0 Å². The van der Waals surface area contributed by atoms with E-state index in [0.717, 1.165) is 20.8 Å². The third-order valence-corrected chi connectivity index (χ3v) is 6.38. The maximum absolute atomic E-state index is 13.3. The minimum Gasteiger partial charge on any atom is -0.293 e. The highest BCUT2D eigenvalue weighted by molar-refractivity contribution is 7.19. The van der Waals surface area contributed by atoms with Gasteiger partial charge in [-0.15, -0.1) is 22.7 Å². The van der Waals surface area contributed by atoms with Crippen LogP contribution in [0, 0.1) is 6.92 Å². The second-order valence-corrected chi connectivity index (χ2v) is 8.47. The van der Waals surface area contributed by atoms with Gasteiger partial charge in [-0.25, -0.2) is 9.97 Å². The minimum absolute atomic E-state index is 0.124. The van der Waals surface area contributed by atoms with Gasteiger partial charge >= 0.3 is 0 Å². The highest BCUT2D eigenvalue weighted by Gasteiger charge is 2.17. The average Bonchev–Trinajstić information content (AvgIpc) is 3.29. The molecule has 0 saturated heterocycles. The van der Waals surface area contributed by atoms with Crippen molar-refractivity contribution < 1.29 is 0 Å². The molecule has 0 N–H and O–H groups in total. The zero-order chi connectivity index (χ0) is 19.3. The van der Waals surface area contributed by atoms with Gasteiger partial charge in [0.15, 0.2) is 4.96 Å². The summed E-state index contributed by atoms with van der Waals surface area (Å²) in [5.74, 6) is 0. The summed E-state index contributed by atoms with van der Waals surface area (Å²) in [6.45, 7) is 2.21. The number of benzene rings is 1. The predicted molar refractivity (Wildman–Crippen MR) is 112 cm³/mol. The van der Waals surface area contributed by atoms with Crippen molar-refractivity contribution in [1.29, 1.82) is 0 Å². The molecule has 0 aliphatic carbocycles. The number of rotatable bonds is 3. The maximum Gasteiger partial charge on any atom is 0.263 e. The van der Waals surface area contributed by atoms with Crippen molar-refractivity contribution in [3.8, 4) is 11.1 Å². The molecular weight excluding hydrogens is 392 g/mol. The summed E-state index contributed by atoms with van der Waals surface area (Å²) in [7, 11) is 0. The quantitative estimate of drug-likeness (QED) is 0.459. The standard InChI is InChI=1S/C20H14N4O2S2/c1-12-16(13-5-3-2-4-6-13)17-18(28-12)21-11-23(19(17)26)10-14-9-15(25)24-7-8-27-20(24)22-14/h2-9,11H,10H2,1H3. The van der Waals surface area contributed by atoms with Gasteiger partial charge in [0, 0.05) is 28.1 Å². The molecule has 28 heavy (non-hydrogen) atoms. The molecule has 4 heterocycles. The Morgan fingerprint density at radius 1 is 1.14 bits per heavy atom. The van der Waals surface area contributed by atoms with Gasteiger partial charge in [-0.05, 0) is 12.5 Å². The van der Waals surface area contributed by atoms with E-state index in [1.54, 1.807) is 6.20 Å². The van der Waals surface area contributed by atoms with Crippen molar-refractivity contribution in [2.45, 2.75) is 13.5 Å². The van der Waals surface area contributed by atoms with Crippen LogP contribution in [0.5, 0.6) is 0 Å². The van der Waals surface area contributed by atoms with Crippen LogP contribution in [0.4, 0.5) is 0 Å². The van der Waals surface area contributed by atoms with Crippen LogP contribution in [0.1, 0.15) is 10.6 Å². The van der Waals surface area contributed by atoms with Crippen molar-refractivity contribution in [1.82, 2.24) is 18.9 Å². The molecule has 5 rings (SSSR count). The van der Waals surface area contributed by atoms with Crippen molar-refractivity contribution in [3.63, 3.8) is 0 Å². The molecule has 0 bridgehead atoms. The molecule has 0 aliphatic heterocycles. The lowest BCUT2D eigenvalue weighted by molar-refractivity contribution is 0.729. The molecule has 1 aromatic carbocycles. The first-order chi connectivity index (χ1) is 13.6. The molecule has 0 spiro atoms. The molecule has 0 aliphatic rings. The Balaban J connectivity index is 1.67. The van der Waals surface area contributed by atoms with E-state index < -0.39 is 0 Å². The van der Waals surface area contributed by atoms with Crippen LogP contribution in [-0.2, 0) is 6.54 Å². The fourth-order valence-corrected chi connectivity index (χ4v) is 5.09. The fraction of sp³-hybridized carbons (Fsp3) is 0.100. The number of thiazole rings is 1. The largest absolute Gasteiger partial charge is 0.293 e. The molecule has 0 radical (unpaired) electrons. The number of hydrogen-bond donors (Lipinski definition) is 0. The fourth-order valence-electron chi connectivity index (χ4n) is 3.35. The van der Waals surface area contributed by atoms with Crippen LogP contribution in [-0.4, -0.2) is 18.9 Å². The van der Waals surface area contributed by atoms with E-state index in [9.17, 15) is 9.59 Å². The van der Waals surface area contributed by atoms with Crippen LogP contribution in [0.15, 0.2) is 63.9 Å². The molecule has 0 amide bonds. The van der Waals surface area contributed by atoms with Gasteiger partial charge in [0.25, 0.3) is 11.1 Å². The highest BCUT2D eigenvalue weighted by Crippen LogP contribution is 2.35. The van der Waals surface area contributed by atoms with E-state index in [4.69, 9.17) is 0 Å². The van der Waals surface area contributed by atoms with Crippen molar-refractivity contribution >= 4 is 37.9 Å². The Morgan fingerprint density at radius 3 is 2.79 bits per heavy atom. The average molecular weight is 406 g/mol. The molecule has 138 valence electrons. The van der Waals surface area contributed by atoms with Crippen LogP contribution in [0.3, 0.4) is 0 Å². The number of hydrogen-bond acceptors (Lipinski definition) is 6. The molecular formula is C20H14N4O2S2. The summed E-state index contributed by atoms with van der Waals surface area (Å²) in [5.41, 5.74) is 2.19. The highest BCUT2D eigenvalue weighted by atomic mass is 32.1. The monoisotopic (exact) mass is 406 g/mol. The zero-order valence-electron chi connectivity index (χ0n) is 14.8. The summed E-state index contributed by atoms with van der Waals surface area (Å²) in [5, 5.41) is 2.43. The molecule has 5 aromatic rings. The van der Waals surface area contributed by atoms with Gasteiger partial charge in [0.1, 0.15) is 4.83 Å². The van der Waals surface area contributed by atoms with Gasteiger partial charge in [-0.1, -0.05) is 30.3 Å². The van der Waals surface area contributed by atoms with E-state index in [2.05, 4.69) is 9.97 Å². The zero-order valence-corrected chi connectivity index (χ0v) is 16.5. The van der Waals surface area contributed by atoms with Gasteiger partial charge in [-0.2, -0.15) is 0 Å². The summed E-state index contributed by atoms with van der Waals surface area (Å²) < 4.78 is 3.01.